The smallest absolute Gasteiger partial charge is 0.368 e. The molecule has 1 aromatic heterocycles. The van der Waals surface area contributed by atoms with Gasteiger partial charge in [0.05, 0.1) is 0 Å². The van der Waals surface area contributed by atoms with Gasteiger partial charge in [0, 0.05) is 6.54 Å². The van der Waals surface area contributed by atoms with Gasteiger partial charge in [-0.05, 0) is 30.5 Å². The third kappa shape index (κ3) is 4.48. The summed E-state index contributed by atoms with van der Waals surface area (Å²) in [5, 5.41) is 9.58. The number of aromatic nitrogens is 2. The third-order valence-corrected chi connectivity index (χ3v) is 2.52. The fraction of sp³-hybridized carbons (Fsp3) is 0.636. The minimum absolute atomic E-state index is 0.0425. The second-order valence-electron chi connectivity index (χ2n) is 4.86. The number of rotatable bonds is 5. The average Bonchev–Trinajstić information content (AvgIpc) is 2.26. The van der Waals surface area contributed by atoms with E-state index in [0.29, 0.717) is 18.9 Å². The van der Waals surface area contributed by atoms with Crippen LogP contribution in [-0.4, -0.2) is 23.3 Å². The lowest BCUT2D eigenvalue weighted by Gasteiger charge is -2.24. The highest BCUT2D eigenvalue weighted by molar-refractivity contribution is 5.33. The lowest BCUT2D eigenvalue weighted by molar-refractivity contribution is -0.141. The lowest BCUT2D eigenvalue weighted by Crippen LogP contribution is -2.26. The monoisotopic (exact) mass is 262 g/mol. The topological polar surface area (TPSA) is 63.8 Å². The summed E-state index contributed by atoms with van der Waals surface area (Å²) in [6, 6.07) is 2.18. The zero-order valence-electron chi connectivity index (χ0n) is 10.4. The molecule has 0 aliphatic carbocycles. The quantitative estimate of drug-likeness (QED) is 0.854. The van der Waals surface area contributed by atoms with Gasteiger partial charge < -0.3 is 11.1 Å². The predicted octanol–water partition coefficient (Wildman–Crippen LogP) is 2.28. The Hall–Kier alpha value is -1.37. The molecule has 0 aromatic carbocycles. The Kier molecular flexibility index (Phi) is 4.50. The number of hydrogen-bond acceptors (Lipinski definition) is 4. The summed E-state index contributed by atoms with van der Waals surface area (Å²) in [5.74, 6) is 0.327. The number of anilines is 1. The van der Waals surface area contributed by atoms with E-state index in [2.05, 4.69) is 15.5 Å². The molecule has 1 heterocycles. The normalized spacial score (nSPS) is 12.6. The van der Waals surface area contributed by atoms with Gasteiger partial charge in [0.25, 0.3) is 0 Å². The molecule has 3 N–H and O–H groups in total. The van der Waals surface area contributed by atoms with Gasteiger partial charge in [-0.3, -0.25) is 0 Å². The molecule has 0 aliphatic rings. The maximum atomic E-state index is 12.3. The van der Waals surface area contributed by atoms with Gasteiger partial charge in [-0.2, -0.15) is 13.2 Å². The van der Waals surface area contributed by atoms with Crippen LogP contribution < -0.4 is 11.1 Å². The summed E-state index contributed by atoms with van der Waals surface area (Å²) in [5.41, 5.74) is 4.44. The van der Waals surface area contributed by atoms with Crippen LogP contribution in [0, 0.1) is 5.41 Å². The Morgan fingerprint density at radius 1 is 1.22 bits per heavy atom. The Balaban J connectivity index is 2.60. The van der Waals surface area contributed by atoms with E-state index in [1.165, 1.54) is 6.07 Å². The first-order valence-electron chi connectivity index (χ1n) is 5.59. The summed E-state index contributed by atoms with van der Waals surface area (Å²) in [6.45, 7) is 5.17. The molecule has 0 aliphatic heterocycles. The van der Waals surface area contributed by atoms with Crippen molar-refractivity contribution < 1.29 is 13.2 Å². The number of nitrogens with zero attached hydrogens (tertiary/aromatic N) is 2. The largest absolute Gasteiger partial charge is 0.435 e. The first kappa shape index (κ1) is 14.7. The van der Waals surface area contributed by atoms with Gasteiger partial charge in [-0.15, -0.1) is 10.2 Å². The van der Waals surface area contributed by atoms with Gasteiger partial charge in [-0.25, -0.2) is 0 Å². The predicted molar refractivity (Wildman–Crippen MR) is 63.0 cm³/mol. The Morgan fingerprint density at radius 3 is 2.33 bits per heavy atom. The molecule has 0 amide bonds. The van der Waals surface area contributed by atoms with E-state index in [4.69, 9.17) is 5.73 Å². The van der Waals surface area contributed by atoms with Crippen molar-refractivity contribution in [3.05, 3.63) is 17.8 Å². The van der Waals surface area contributed by atoms with Crippen molar-refractivity contribution in [3.63, 3.8) is 0 Å². The van der Waals surface area contributed by atoms with Crippen LogP contribution in [0.15, 0.2) is 12.1 Å². The molecule has 0 fully saturated rings. The van der Waals surface area contributed by atoms with Crippen LogP contribution in [0.1, 0.15) is 26.0 Å². The van der Waals surface area contributed by atoms with Crippen LogP contribution in [0.25, 0.3) is 0 Å². The van der Waals surface area contributed by atoms with Crippen LogP contribution in [-0.2, 0) is 6.18 Å². The van der Waals surface area contributed by atoms with Gasteiger partial charge in [-0.1, -0.05) is 13.8 Å². The van der Waals surface area contributed by atoms with Crippen molar-refractivity contribution in [3.8, 4) is 0 Å². The van der Waals surface area contributed by atoms with Crippen LogP contribution in [0.4, 0.5) is 19.0 Å². The van der Waals surface area contributed by atoms with Gasteiger partial charge in [0.1, 0.15) is 5.82 Å². The number of hydrogen-bond donors (Lipinski definition) is 2. The number of halogens is 3. The van der Waals surface area contributed by atoms with Crippen molar-refractivity contribution in [1.29, 1.82) is 0 Å². The van der Waals surface area contributed by atoms with Crippen molar-refractivity contribution in [2.45, 2.75) is 26.4 Å². The Labute approximate surface area is 104 Å². The highest BCUT2D eigenvalue weighted by Crippen LogP contribution is 2.27. The molecule has 7 heteroatoms. The summed E-state index contributed by atoms with van der Waals surface area (Å²) >= 11 is 0. The van der Waals surface area contributed by atoms with E-state index in [9.17, 15) is 13.2 Å². The molecule has 1 rings (SSSR count). The fourth-order valence-corrected chi connectivity index (χ4v) is 1.39. The van der Waals surface area contributed by atoms with E-state index in [-0.39, 0.29) is 5.41 Å². The van der Waals surface area contributed by atoms with Crippen LogP contribution >= 0.6 is 0 Å². The highest BCUT2D eigenvalue weighted by Gasteiger charge is 2.32. The third-order valence-electron chi connectivity index (χ3n) is 2.52. The molecule has 18 heavy (non-hydrogen) atoms. The minimum atomic E-state index is -4.45. The second-order valence-corrected chi connectivity index (χ2v) is 4.86. The van der Waals surface area contributed by atoms with Crippen LogP contribution in [0.2, 0.25) is 0 Å². The highest BCUT2D eigenvalue weighted by atomic mass is 19.4. The zero-order valence-corrected chi connectivity index (χ0v) is 10.4. The Morgan fingerprint density at radius 2 is 1.89 bits per heavy atom. The molecular weight excluding hydrogens is 245 g/mol. The lowest BCUT2D eigenvalue weighted by atomic mass is 9.89. The fourth-order valence-electron chi connectivity index (χ4n) is 1.39. The molecule has 0 saturated heterocycles. The molecule has 0 radical (unpaired) electrons. The van der Waals surface area contributed by atoms with Crippen molar-refractivity contribution >= 4 is 5.82 Å². The van der Waals surface area contributed by atoms with E-state index < -0.39 is 11.9 Å². The first-order chi connectivity index (χ1) is 8.24. The molecule has 1 aromatic rings. The van der Waals surface area contributed by atoms with E-state index in [1.807, 2.05) is 13.8 Å². The molecule has 0 spiro atoms. The van der Waals surface area contributed by atoms with Crippen LogP contribution in [0.5, 0.6) is 0 Å². The van der Waals surface area contributed by atoms with E-state index >= 15 is 0 Å². The summed E-state index contributed by atoms with van der Waals surface area (Å²) in [6.07, 6.45) is -3.64. The van der Waals surface area contributed by atoms with Crippen molar-refractivity contribution in [1.82, 2.24) is 10.2 Å². The van der Waals surface area contributed by atoms with Crippen LogP contribution in [0.3, 0.4) is 0 Å². The average molecular weight is 262 g/mol. The van der Waals surface area contributed by atoms with E-state index in [1.54, 1.807) is 0 Å². The maximum absolute atomic E-state index is 12.3. The van der Waals surface area contributed by atoms with Gasteiger partial charge >= 0.3 is 6.18 Å². The molecule has 0 atom stereocenters. The molecule has 4 nitrogen and oxygen atoms in total. The van der Waals surface area contributed by atoms with Crippen molar-refractivity contribution in [2.75, 3.05) is 18.4 Å². The van der Waals surface area contributed by atoms with Gasteiger partial charge in [0.15, 0.2) is 5.69 Å². The van der Waals surface area contributed by atoms with Gasteiger partial charge in [0.2, 0.25) is 0 Å². The second kappa shape index (κ2) is 5.51. The molecular formula is C11H17F3N4. The molecule has 0 bridgehead atoms. The summed E-state index contributed by atoms with van der Waals surface area (Å²) < 4.78 is 36.8. The van der Waals surface area contributed by atoms with Crippen molar-refractivity contribution in [2.24, 2.45) is 11.1 Å². The molecule has 0 saturated carbocycles. The number of nitrogens with two attached hydrogens (primary N) is 1. The minimum Gasteiger partial charge on any atom is -0.368 e. The summed E-state index contributed by atoms with van der Waals surface area (Å²) in [4.78, 5) is 0. The number of nitrogens with one attached hydrogen (secondary N) is 1. The molecule has 102 valence electrons. The SMILES string of the molecule is CC(C)(CCN)CNc1ccc(C(F)(F)F)nn1. The first-order valence-corrected chi connectivity index (χ1v) is 5.59. The summed E-state index contributed by atoms with van der Waals surface area (Å²) in [7, 11) is 0. The maximum Gasteiger partial charge on any atom is 0.435 e. The zero-order chi connectivity index (χ0) is 13.8. The Bertz CT molecular complexity index is 373. The molecule has 0 unspecified atom stereocenters. The standard InChI is InChI=1S/C11H17F3N4/c1-10(2,5-6-15)7-16-9-4-3-8(17-18-9)11(12,13)14/h3-4H,5-7,15H2,1-2H3,(H,16,18). The number of alkyl halides is 3. The van der Waals surface area contributed by atoms with E-state index in [0.717, 1.165) is 12.5 Å².